The molecule has 3 rings (SSSR count). The number of esters is 1. The lowest BCUT2D eigenvalue weighted by Crippen LogP contribution is -2.61. The molecule has 10 nitrogen and oxygen atoms in total. The van der Waals surface area contributed by atoms with Crippen LogP contribution < -0.4 is 4.74 Å². The molecular weight excluding hydrogens is 522 g/mol. The predicted molar refractivity (Wildman–Crippen MR) is 147 cm³/mol. The second kappa shape index (κ2) is 15.2. The van der Waals surface area contributed by atoms with Gasteiger partial charge in [-0.3, -0.25) is 19.2 Å². The first-order valence-electron chi connectivity index (χ1n) is 13.0. The van der Waals surface area contributed by atoms with Gasteiger partial charge in [-0.15, -0.1) is 11.3 Å². The lowest BCUT2D eigenvalue weighted by atomic mass is 10.0. The minimum atomic E-state index is -0.957. The van der Waals surface area contributed by atoms with Crippen LogP contribution in [0.1, 0.15) is 23.8 Å². The summed E-state index contributed by atoms with van der Waals surface area (Å²) in [5, 5.41) is 1.96. The van der Waals surface area contributed by atoms with Gasteiger partial charge >= 0.3 is 5.97 Å². The molecule has 0 saturated carbocycles. The van der Waals surface area contributed by atoms with Crippen molar-refractivity contribution >= 4 is 35.0 Å². The molecule has 3 amide bonds. The highest BCUT2D eigenvalue weighted by Gasteiger charge is 2.41. The Morgan fingerprint density at radius 3 is 2.49 bits per heavy atom. The molecule has 1 aromatic carbocycles. The second-order valence-corrected chi connectivity index (χ2v) is 10.1. The van der Waals surface area contributed by atoms with E-state index in [2.05, 4.69) is 0 Å². The fraction of sp³-hybridized carbons (Fsp3) is 0.500. The van der Waals surface area contributed by atoms with Crippen LogP contribution in [0.25, 0.3) is 0 Å². The first-order chi connectivity index (χ1) is 18.9. The average Bonchev–Trinajstić information content (AvgIpc) is 3.45. The monoisotopic (exact) mass is 559 g/mol. The fourth-order valence-electron chi connectivity index (χ4n) is 4.41. The van der Waals surface area contributed by atoms with Crippen LogP contribution in [0, 0.1) is 0 Å². The topological polar surface area (TPSA) is 106 Å². The van der Waals surface area contributed by atoms with Gasteiger partial charge in [0.05, 0.1) is 33.3 Å². The predicted octanol–water partition coefficient (Wildman–Crippen LogP) is 2.01. The molecule has 0 spiro atoms. The zero-order valence-corrected chi connectivity index (χ0v) is 23.6. The van der Waals surface area contributed by atoms with Gasteiger partial charge in [-0.05, 0) is 48.9 Å². The van der Waals surface area contributed by atoms with Crippen molar-refractivity contribution in [3.63, 3.8) is 0 Å². The van der Waals surface area contributed by atoms with Crippen molar-refractivity contribution in [1.82, 2.24) is 14.7 Å². The molecular formula is C28H37N3O7S. The Kier molecular flexibility index (Phi) is 11.8. The van der Waals surface area contributed by atoms with Crippen molar-refractivity contribution in [3.8, 4) is 5.75 Å². The van der Waals surface area contributed by atoms with Crippen molar-refractivity contribution in [2.45, 2.75) is 32.2 Å². The number of benzene rings is 1. The number of ether oxygens (including phenoxy) is 3. The minimum Gasteiger partial charge on any atom is -0.497 e. The Balaban J connectivity index is 1.76. The molecule has 1 saturated heterocycles. The number of hydrogen-bond donors (Lipinski definition) is 0. The fourth-order valence-corrected chi connectivity index (χ4v) is 5.11. The standard InChI is InChI=1S/C28H37N3O7S/c1-4-38-27(34)20-29(15-16-36-2)25(32)18-24-28(35)30(13-11-21-7-9-22(37-3)10-8-21)19-26(33)31(24)14-12-23-6-5-17-39-23/h5-10,17,24H,4,11-16,18-20H2,1-3H3. The summed E-state index contributed by atoms with van der Waals surface area (Å²) in [4.78, 5) is 58.0. The largest absolute Gasteiger partial charge is 0.497 e. The maximum atomic E-state index is 13.7. The van der Waals surface area contributed by atoms with Crippen molar-refractivity contribution in [1.29, 1.82) is 0 Å². The number of methoxy groups -OCH3 is 2. The molecule has 1 aliphatic rings. The molecule has 212 valence electrons. The third-order valence-corrected chi connectivity index (χ3v) is 7.48. The molecule has 2 aromatic rings. The zero-order chi connectivity index (χ0) is 28.2. The number of piperazine rings is 1. The van der Waals surface area contributed by atoms with E-state index in [9.17, 15) is 19.2 Å². The third kappa shape index (κ3) is 8.79. The maximum absolute atomic E-state index is 13.7. The molecule has 0 bridgehead atoms. The van der Waals surface area contributed by atoms with Crippen LogP contribution >= 0.6 is 11.3 Å². The number of rotatable bonds is 15. The van der Waals surface area contributed by atoms with Crippen molar-refractivity contribution in [3.05, 3.63) is 52.2 Å². The van der Waals surface area contributed by atoms with E-state index in [-0.39, 0.29) is 51.1 Å². The zero-order valence-electron chi connectivity index (χ0n) is 22.8. The lowest BCUT2D eigenvalue weighted by molar-refractivity contribution is -0.159. The Morgan fingerprint density at radius 1 is 1.08 bits per heavy atom. The number of nitrogens with zero attached hydrogens (tertiary/aromatic N) is 3. The highest BCUT2D eigenvalue weighted by molar-refractivity contribution is 7.09. The molecule has 1 aromatic heterocycles. The second-order valence-electron chi connectivity index (χ2n) is 9.11. The van der Waals surface area contributed by atoms with E-state index in [1.54, 1.807) is 25.4 Å². The Hall–Kier alpha value is -3.44. The van der Waals surface area contributed by atoms with E-state index in [1.807, 2.05) is 41.8 Å². The number of carbonyl (C=O) groups excluding carboxylic acids is 4. The summed E-state index contributed by atoms with van der Waals surface area (Å²) in [6.45, 7) is 2.65. The molecule has 0 N–H and O–H groups in total. The maximum Gasteiger partial charge on any atom is 0.325 e. The lowest BCUT2D eigenvalue weighted by Gasteiger charge is -2.40. The van der Waals surface area contributed by atoms with Crippen LogP contribution in [0.3, 0.4) is 0 Å². The van der Waals surface area contributed by atoms with E-state index in [0.717, 1.165) is 16.2 Å². The quantitative estimate of drug-likeness (QED) is 0.308. The first-order valence-corrected chi connectivity index (χ1v) is 13.9. The molecule has 1 aliphatic heterocycles. The van der Waals surface area contributed by atoms with Gasteiger partial charge in [0.1, 0.15) is 18.3 Å². The molecule has 0 aliphatic carbocycles. The van der Waals surface area contributed by atoms with E-state index < -0.39 is 17.9 Å². The number of thiophene rings is 1. The minimum absolute atomic E-state index is 0.0413. The number of hydrogen-bond acceptors (Lipinski definition) is 8. The van der Waals surface area contributed by atoms with Gasteiger partial charge in [0.2, 0.25) is 17.7 Å². The summed E-state index contributed by atoms with van der Waals surface area (Å²) in [5.41, 5.74) is 1.00. The van der Waals surface area contributed by atoms with Crippen molar-refractivity contribution < 1.29 is 33.4 Å². The average molecular weight is 560 g/mol. The van der Waals surface area contributed by atoms with Crippen LogP contribution in [0.4, 0.5) is 0 Å². The molecule has 1 atom stereocenters. The van der Waals surface area contributed by atoms with Gasteiger partial charge < -0.3 is 28.9 Å². The third-order valence-electron chi connectivity index (χ3n) is 6.54. The Labute approximate surface area is 233 Å². The molecule has 0 radical (unpaired) electrons. The summed E-state index contributed by atoms with van der Waals surface area (Å²) in [7, 11) is 3.10. The summed E-state index contributed by atoms with van der Waals surface area (Å²) in [6.07, 6.45) is 0.919. The molecule has 1 unspecified atom stereocenters. The van der Waals surface area contributed by atoms with Crippen LogP contribution in [0.2, 0.25) is 0 Å². The molecule has 1 fully saturated rings. The van der Waals surface area contributed by atoms with Gasteiger partial charge in [0.25, 0.3) is 0 Å². The van der Waals surface area contributed by atoms with Gasteiger partial charge in [0.15, 0.2) is 0 Å². The van der Waals surface area contributed by atoms with Crippen LogP contribution in [0.5, 0.6) is 5.75 Å². The highest BCUT2D eigenvalue weighted by Crippen LogP contribution is 2.20. The summed E-state index contributed by atoms with van der Waals surface area (Å²) in [5.74, 6) is -0.685. The van der Waals surface area contributed by atoms with Crippen LogP contribution in [-0.2, 0) is 41.5 Å². The number of carbonyl (C=O) groups is 4. The van der Waals surface area contributed by atoms with E-state index >= 15 is 0 Å². The Bertz CT molecular complexity index is 1090. The summed E-state index contributed by atoms with van der Waals surface area (Å²) < 4.78 is 15.3. The van der Waals surface area contributed by atoms with E-state index in [0.29, 0.717) is 25.9 Å². The summed E-state index contributed by atoms with van der Waals surface area (Å²) >= 11 is 1.58. The molecule has 39 heavy (non-hydrogen) atoms. The van der Waals surface area contributed by atoms with Crippen LogP contribution in [0.15, 0.2) is 41.8 Å². The SMILES string of the molecule is CCOC(=O)CN(CCOC)C(=O)CC1C(=O)N(CCc2ccc(OC)cc2)CC(=O)N1CCc1cccs1. The van der Waals surface area contributed by atoms with Gasteiger partial charge in [0, 0.05) is 31.6 Å². The normalized spacial score (nSPS) is 15.4. The first kappa shape index (κ1) is 30.1. The highest BCUT2D eigenvalue weighted by atomic mass is 32.1. The van der Waals surface area contributed by atoms with E-state index in [4.69, 9.17) is 14.2 Å². The van der Waals surface area contributed by atoms with Crippen molar-refractivity contribution in [2.24, 2.45) is 0 Å². The van der Waals surface area contributed by atoms with E-state index in [1.165, 1.54) is 21.8 Å². The van der Waals surface area contributed by atoms with Gasteiger partial charge in [-0.25, -0.2) is 0 Å². The number of amides is 3. The molecule has 2 heterocycles. The molecule has 11 heteroatoms. The Morgan fingerprint density at radius 2 is 1.85 bits per heavy atom. The summed E-state index contributed by atoms with van der Waals surface area (Å²) in [6, 6.07) is 10.5. The van der Waals surface area contributed by atoms with Gasteiger partial charge in [-0.1, -0.05) is 18.2 Å². The van der Waals surface area contributed by atoms with Gasteiger partial charge in [-0.2, -0.15) is 0 Å². The van der Waals surface area contributed by atoms with Crippen molar-refractivity contribution in [2.75, 3.05) is 60.2 Å². The smallest absolute Gasteiger partial charge is 0.325 e. The van der Waals surface area contributed by atoms with Crippen LogP contribution in [-0.4, -0.2) is 105 Å².